The molecule has 2 N–H and O–H groups in total. The minimum atomic E-state index is -0.247. The molecule has 1 fully saturated rings. The van der Waals surface area contributed by atoms with E-state index in [1.807, 2.05) is 13.8 Å². The summed E-state index contributed by atoms with van der Waals surface area (Å²) in [4.78, 5) is 13.8. The van der Waals surface area contributed by atoms with Gasteiger partial charge in [0.25, 0.3) is 0 Å². The maximum absolute atomic E-state index is 12.0. The van der Waals surface area contributed by atoms with E-state index < -0.39 is 0 Å². The first-order valence-corrected chi connectivity index (χ1v) is 6.75. The highest BCUT2D eigenvalue weighted by Gasteiger charge is 2.29. The van der Waals surface area contributed by atoms with Crippen molar-refractivity contribution in [2.24, 2.45) is 11.7 Å². The number of hydrogen-bond donors (Lipinski definition) is 1. The van der Waals surface area contributed by atoms with Gasteiger partial charge >= 0.3 is 6.09 Å². The van der Waals surface area contributed by atoms with E-state index in [1.165, 1.54) is 5.56 Å². The molecule has 1 heterocycles. The van der Waals surface area contributed by atoms with Crippen molar-refractivity contribution in [3.8, 4) is 0 Å². The fraction of sp³-hybridized carbons (Fsp3) is 0.533. The van der Waals surface area contributed by atoms with Gasteiger partial charge in [-0.25, -0.2) is 4.79 Å². The minimum absolute atomic E-state index is 0.247. The Labute approximate surface area is 114 Å². The molecule has 1 amide bonds. The zero-order valence-corrected chi connectivity index (χ0v) is 11.9. The normalized spacial score (nSPS) is 19.5. The topological polar surface area (TPSA) is 55.6 Å². The second kappa shape index (κ2) is 5.61. The molecule has 1 aromatic rings. The molecule has 0 bridgehead atoms. The molecule has 0 radical (unpaired) electrons. The smallest absolute Gasteiger partial charge is 0.414 e. The highest BCUT2D eigenvalue weighted by molar-refractivity contribution is 5.90. The number of rotatable bonds is 3. The Balaban J connectivity index is 2.31. The zero-order chi connectivity index (χ0) is 14.0. The molecule has 1 unspecified atom stereocenters. The highest BCUT2D eigenvalue weighted by Crippen LogP contribution is 2.29. The van der Waals surface area contributed by atoms with Gasteiger partial charge in [-0.15, -0.1) is 0 Å². The summed E-state index contributed by atoms with van der Waals surface area (Å²) in [5.74, 6) is 0.322. The van der Waals surface area contributed by atoms with Crippen molar-refractivity contribution in [3.63, 3.8) is 0 Å². The average Bonchev–Trinajstić information content (AvgIpc) is 2.32. The third kappa shape index (κ3) is 2.89. The van der Waals surface area contributed by atoms with Crippen LogP contribution in [0.25, 0.3) is 0 Å². The van der Waals surface area contributed by atoms with E-state index in [4.69, 9.17) is 10.5 Å². The van der Waals surface area contributed by atoms with Gasteiger partial charge in [0.15, 0.2) is 0 Å². The number of carbonyl (C=O) groups is 1. The molecule has 1 atom stereocenters. The minimum Gasteiger partial charge on any atom is -0.449 e. The molecule has 0 saturated carbocycles. The van der Waals surface area contributed by atoms with E-state index in [2.05, 4.69) is 19.1 Å². The Kier molecular flexibility index (Phi) is 4.10. The van der Waals surface area contributed by atoms with Gasteiger partial charge in [0.05, 0.1) is 12.3 Å². The van der Waals surface area contributed by atoms with Gasteiger partial charge in [-0.2, -0.15) is 0 Å². The molecule has 1 saturated heterocycles. The monoisotopic (exact) mass is 262 g/mol. The number of aryl methyl sites for hydroxylation is 3. The van der Waals surface area contributed by atoms with Crippen LogP contribution in [0.2, 0.25) is 0 Å². The predicted molar refractivity (Wildman–Crippen MR) is 76.5 cm³/mol. The number of nitrogens with two attached hydrogens (primary N) is 1. The Hall–Kier alpha value is -1.55. The van der Waals surface area contributed by atoms with Crippen molar-refractivity contribution in [2.45, 2.75) is 27.2 Å². The standard InChI is InChI=1S/C15H22N2O2/c1-10-6-11(2)14(12(3)7-10)17-8-13(4-5-16)9-19-15(17)18/h6-7,13H,4-5,8-9,16H2,1-3H3. The third-order valence-electron chi connectivity index (χ3n) is 3.58. The van der Waals surface area contributed by atoms with E-state index in [1.54, 1.807) is 4.90 Å². The van der Waals surface area contributed by atoms with Gasteiger partial charge in [0, 0.05) is 12.5 Å². The van der Waals surface area contributed by atoms with Gasteiger partial charge in [-0.05, 0) is 44.9 Å². The van der Waals surface area contributed by atoms with E-state index >= 15 is 0 Å². The number of anilines is 1. The van der Waals surface area contributed by atoms with Crippen molar-refractivity contribution >= 4 is 11.8 Å². The summed E-state index contributed by atoms with van der Waals surface area (Å²) in [6.45, 7) is 7.94. The largest absolute Gasteiger partial charge is 0.449 e. The molecule has 1 aliphatic rings. The maximum atomic E-state index is 12.0. The number of benzene rings is 1. The number of nitrogens with zero attached hydrogens (tertiary/aromatic N) is 1. The molecule has 19 heavy (non-hydrogen) atoms. The molecule has 0 aromatic heterocycles. The fourth-order valence-corrected chi connectivity index (χ4v) is 2.84. The van der Waals surface area contributed by atoms with Crippen LogP contribution in [0.3, 0.4) is 0 Å². The van der Waals surface area contributed by atoms with Gasteiger partial charge in [0.1, 0.15) is 0 Å². The van der Waals surface area contributed by atoms with Crippen LogP contribution in [0, 0.1) is 26.7 Å². The summed E-state index contributed by atoms with van der Waals surface area (Å²) in [6, 6.07) is 4.20. The van der Waals surface area contributed by atoms with E-state index in [0.717, 1.165) is 23.2 Å². The van der Waals surface area contributed by atoms with Crippen LogP contribution in [0.5, 0.6) is 0 Å². The van der Waals surface area contributed by atoms with Crippen LogP contribution in [-0.2, 0) is 4.74 Å². The van der Waals surface area contributed by atoms with E-state index in [-0.39, 0.29) is 6.09 Å². The Morgan fingerprint density at radius 1 is 1.32 bits per heavy atom. The Morgan fingerprint density at radius 3 is 2.53 bits per heavy atom. The predicted octanol–water partition coefficient (Wildman–Crippen LogP) is 2.53. The zero-order valence-electron chi connectivity index (χ0n) is 11.9. The molecule has 0 aliphatic carbocycles. The summed E-state index contributed by atoms with van der Waals surface area (Å²) in [5.41, 5.74) is 10.0. The van der Waals surface area contributed by atoms with Crippen LogP contribution >= 0.6 is 0 Å². The molecule has 0 spiro atoms. The Bertz CT molecular complexity index is 462. The third-order valence-corrected chi connectivity index (χ3v) is 3.58. The first-order valence-electron chi connectivity index (χ1n) is 6.75. The fourth-order valence-electron chi connectivity index (χ4n) is 2.84. The number of amides is 1. The molecular formula is C15H22N2O2. The summed E-state index contributed by atoms with van der Waals surface area (Å²) < 4.78 is 5.28. The quantitative estimate of drug-likeness (QED) is 0.910. The van der Waals surface area contributed by atoms with Crippen LogP contribution < -0.4 is 10.6 Å². The second-order valence-electron chi connectivity index (χ2n) is 5.38. The van der Waals surface area contributed by atoms with Crippen LogP contribution in [-0.4, -0.2) is 25.8 Å². The lowest BCUT2D eigenvalue weighted by Crippen LogP contribution is -2.44. The van der Waals surface area contributed by atoms with Gasteiger partial charge in [-0.1, -0.05) is 17.7 Å². The van der Waals surface area contributed by atoms with Crippen molar-refractivity contribution in [3.05, 3.63) is 28.8 Å². The number of hydrogen-bond acceptors (Lipinski definition) is 3. The number of cyclic esters (lactones) is 1. The highest BCUT2D eigenvalue weighted by atomic mass is 16.6. The lowest BCUT2D eigenvalue weighted by Gasteiger charge is -2.34. The number of carbonyl (C=O) groups excluding carboxylic acids is 1. The van der Waals surface area contributed by atoms with Crippen molar-refractivity contribution in [1.82, 2.24) is 0 Å². The SMILES string of the molecule is Cc1cc(C)c(N2CC(CCN)COC2=O)c(C)c1. The van der Waals surface area contributed by atoms with Gasteiger partial charge in [0.2, 0.25) is 0 Å². The van der Waals surface area contributed by atoms with Crippen molar-refractivity contribution in [1.29, 1.82) is 0 Å². The molecule has 2 rings (SSSR count). The summed E-state index contributed by atoms with van der Waals surface area (Å²) in [5, 5.41) is 0. The summed E-state index contributed by atoms with van der Waals surface area (Å²) in [7, 11) is 0. The van der Waals surface area contributed by atoms with Gasteiger partial charge in [-0.3, -0.25) is 4.90 Å². The van der Waals surface area contributed by atoms with Crippen molar-refractivity contribution in [2.75, 3.05) is 24.6 Å². The first-order chi connectivity index (χ1) is 9.02. The van der Waals surface area contributed by atoms with Crippen LogP contribution in [0.1, 0.15) is 23.1 Å². The lowest BCUT2D eigenvalue weighted by atomic mass is 10.0. The Morgan fingerprint density at radius 2 is 1.95 bits per heavy atom. The van der Waals surface area contributed by atoms with E-state index in [9.17, 15) is 4.79 Å². The number of ether oxygens (including phenoxy) is 1. The van der Waals surface area contributed by atoms with Gasteiger partial charge < -0.3 is 10.5 Å². The van der Waals surface area contributed by atoms with Crippen molar-refractivity contribution < 1.29 is 9.53 Å². The molecule has 4 heteroatoms. The molecular weight excluding hydrogens is 240 g/mol. The second-order valence-corrected chi connectivity index (χ2v) is 5.38. The van der Waals surface area contributed by atoms with Crippen LogP contribution in [0.4, 0.5) is 10.5 Å². The summed E-state index contributed by atoms with van der Waals surface area (Å²) >= 11 is 0. The maximum Gasteiger partial charge on any atom is 0.414 e. The van der Waals surface area contributed by atoms with E-state index in [0.29, 0.717) is 25.6 Å². The summed E-state index contributed by atoms with van der Waals surface area (Å²) in [6.07, 6.45) is 0.636. The molecule has 4 nitrogen and oxygen atoms in total. The lowest BCUT2D eigenvalue weighted by molar-refractivity contribution is 0.113. The molecule has 104 valence electrons. The molecule has 1 aliphatic heterocycles. The van der Waals surface area contributed by atoms with Crippen LogP contribution in [0.15, 0.2) is 12.1 Å². The first kappa shape index (κ1) is 13.9. The molecule has 1 aromatic carbocycles. The average molecular weight is 262 g/mol.